The molecule has 0 rings (SSSR count). The Morgan fingerprint density at radius 2 is 0.686 bits per heavy atom. The highest BCUT2D eigenvalue weighted by Gasteiger charge is 1.96. The van der Waals surface area contributed by atoms with E-state index in [1.165, 1.54) is 70.6 Å². The van der Waals surface area contributed by atoms with Crippen molar-refractivity contribution < 1.29 is 36.3 Å². The first-order valence-electron chi connectivity index (χ1n) is 15.3. The van der Waals surface area contributed by atoms with E-state index in [0.29, 0.717) is 72.5 Å². The molecule has 0 amide bonds. The molecule has 0 aliphatic heterocycles. The highest BCUT2D eigenvalue weighted by molar-refractivity contribution is 4.49. The van der Waals surface area contributed by atoms with Gasteiger partial charge in [0.2, 0.25) is 0 Å². The SMILES string of the molecule is [2H]C([2H])(CCCCCCCCCCCCCCC)OCCOCCOCCOCCOCCOCCO. The smallest absolute Gasteiger partial charge is 0.0701 e. The molecule has 1 N–H and O–H groups in total. The van der Waals surface area contributed by atoms with E-state index in [-0.39, 0.29) is 13.2 Å². The monoisotopic (exact) mass is 508 g/mol. The van der Waals surface area contributed by atoms with Crippen molar-refractivity contribution in [3.05, 3.63) is 0 Å². The third kappa shape index (κ3) is 33.7. The van der Waals surface area contributed by atoms with Crippen LogP contribution in [0.4, 0.5) is 0 Å². The molecule has 0 spiro atoms. The van der Waals surface area contributed by atoms with E-state index in [2.05, 4.69) is 6.92 Å². The first-order valence-corrected chi connectivity index (χ1v) is 14.3. The van der Waals surface area contributed by atoms with Gasteiger partial charge in [-0.2, -0.15) is 0 Å². The molecule has 0 atom stereocenters. The van der Waals surface area contributed by atoms with Gasteiger partial charge in [-0.25, -0.2) is 0 Å². The van der Waals surface area contributed by atoms with Gasteiger partial charge in [-0.1, -0.05) is 90.4 Å². The molecule has 0 unspecified atom stereocenters. The standard InChI is InChI=1S/C28H58O7/c1-2-3-4-5-6-7-8-9-10-11-12-13-14-15-17-30-19-21-32-23-25-34-27-28-35-26-24-33-22-20-31-18-16-29/h29H,2-28H2,1H3/i17D2. The fraction of sp³-hybridized carbons (Fsp3) is 1.00. The van der Waals surface area contributed by atoms with E-state index < -0.39 is 6.56 Å². The zero-order chi connectivity index (χ0) is 27.1. The van der Waals surface area contributed by atoms with Gasteiger partial charge in [0.1, 0.15) is 0 Å². The predicted octanol–water partition coefficient (Wildman–Crippen LogP) is 5.56. The number of hydrogen-bond acceptors (Lipinski definition) is 7. The Kier molecular flexibility index (Phi) is 29.8. The van der Waals surface area contributed by atoms with E-state index in [0.717, 1.165) is 12.8 Å². The molecular weight excluding hydrogens is 448 g/mol. The molecule has 0 saturated carbocycles. The third-order valence-corrected chi connectivity index (χ3v) is 5.54. The van der Waals surface area contributed by atoms with Crippen molar-refractivity contribution in [3.8, 4) is 0 Å². The van der Waals surface area contributed by atoms with Crippen molar-refractivity contribution in [3.63, 3.8) is 0 Å². The normalized spacial score (nSPS) is 12.7. The Morgan fingerprint density at radius 3 is 1.03 bits per heavy atom. The summed E-state index contributed by atoms with van der Waals surface area (Å²) in [6.45, 7) is 5.50. The van der Waals surface area contributed by atoms with Crippen LogP contribution in [0.2, 0.25) is 0 Å². The fourth-order valence-electron chi connectivity index (χ4n) is 3.51. The van der Waals surface area contributed by atoms with Crippen LogP contribution in [-0.4, -0.2) is 90.9 Å². The van der Waals surface area contributed by atoms with Crippen molar-refractivity contribution in [2.45, 2.75) is 96.8 Å². The lowest BCUT2D eigenvalue weighted by atomic mass is 10.0. The van der Waals surface area contributed by atoms with Crippen molar-refractivity contribution >= 4 is 0 Å². The van der Waals surface area contributed by atoms with E-state index in [9.17, 15) is 0 Å². The van der Waals surface area contributed by atoms with Gasteiger partial charge in [0.05, 0.1) is 82.0 Å². The van der Waals surface area contributed by atoms with Crippen LogP contribution >= 0.6 is 0 Å². The summed E-state index contributed by atoms with van der Waals surface area (Å²) in [5, 5.41) is 8.57. The predicted molar refractivity (Wildman–Crippen MR) is 142 cm³/mol. The van der Waals surface area contributed by atoms with Crippen LogP contribution in [0.25, 0.3) is 0 Å². The van der Waals surface area contributed by atoms with Gasteiger partial charge in [-0.3, -0.25) is 0 Å². The average molecular weight is 509 g/mol. The Bertz CT molecular complexity index is 431. The molecule has 0 radical (unpaired) electrons. The van der Waals surface area contributed by atoms with Crippen LogP contribution < -0.4 is 0 Å². The van der Waals surface area contributed by atoms with E-state index in [4.69, 9.17) is 36.3 Å². The Hall–Kier alpha value is -0.280. The van der Waals surface area contributed by atoms with Crippen LogP contribution in [-0.2, 0) is 28.4 Å². The molecule has 0 saturated heterocycles. The molecule has 7 heteroatoms. The molecule has 0 bridgehead atoms. The second kappa shape index (κ2) is 33.7. The molecule has 0 fully saturated rings. The maximum atomic E-state index is 8.57. The number of ether oxygens (including phenoxy) is 6. The zero-order valence-electron chi connectivity index (χ0n) is 24.8. The lowest BCUT2D eigenvalue weighted by molar-refractivity contribution is -0.0182. The van der Waals surface area contributed by atoms with Gasteiger partial charge in [0.25, 0.3) is 0 Å². The van der Waals surface area contributed by atoms with Gasteiger partial charge in [-0.05, 0) is 6.42 Å². The largest absolute Gasteiger partial charge is 0.394 e. The van der Waals surface area contributed by atoms with Crippen molar-refractivity contribution in [1.82, 2.24) is 0 Å². The summed E-state index contributed by atoms with van der Waals surface area (Å²) in [5.41, 5.74) is 0. The summed E-state index contributed by atoms with van der Waals surface area (Å²) in [5.74, 6) is 0. The minimum absolute atomic E-state index is 0.0263. The first-order chi connectivity index (χ1) is 18.1. The van der Waals surface area contributed by atoms with Crippen LogP contribution in [0, 0.1) is 0 Å². The quantitative estimate of drug-likeness (QED) is 0.119. The minimum atomic E-state index is -1.58. The van der Waals surface area contributed by atoms with Crippen LogP contribution in [0.5, 0.6) is 0 Å². The van der Waals surface area contributed by atoms with Crippen LogP contribution in [0.3, 0.4) is 0 Å². The van der Waals surface area contributed by atoms with E-state index in [1.807, 2.05) is 0 Å². The molecule has 0 heterocycles. The number of rotatable bonds is 32. The molecule has 0 aliphatic rings. The Balaban J connectivity index is 3.26. The van der Waals surface area contributed by atoms with Gasteiger partial charge < -0.3 is 33.5 Å². The lowest BCUT2D eigenvalue weighted by Gasteiger charge is -2.08. The molecule has 0 aromatic heterocycles. The summed E-state index contributed by atoms with van der Waals surface area (Å²) in [4.78, 5) is 0. The maximum Gasteiger partial charge on any atom is 0.0701 e. The second-order valence-electron chi connectivity index (χ2n) is 8.77. The number of aliphatic hydroxyl groups is 1. The van der Waals surface area contributed by atoms with Crippen molar-refractivity contribution in [2.75, 3.05) is 85.8 Å². The van der Waals surface area contributed by atoms with Crippen LogP contribution in [0.15, 0.2) is 0 Å². The molecule has 35 heavy (non-hydrogen) atoms. The minimum Gasteiger partial charge on any atom is -0.394 e. The number of aliphatic hydroxyl groups excluding tert-OH is 1. The zero-order valence-corrected chi connectivity index (χ0v) is 22.8. The number of hydrogen-bond donors (Lipinski definition) is 1. The molecular formula is C28H58O7. The molecule has 7 nitrogen and oxygen atoms in total. The summed E-state index contributed by atoms with van der Waals surface area (Å²) in [6, 6.07) is 0. The molecule has 212 valence electrons. The third-order valence-electron chi connectivity index (χ3n) is 5.54. The van der Waals surface area contributed by atoms with Crippen LogP contribution in [0.1, 0.15) is 99.6 Å². The highest BCUT2D eigenvalue weighted by atomic mass is 16.6. The van der Waals surface area contributed by atoms with Crippen molar-refractivity contribution in [1.29, 1.82) is 0 Å². The van der Waals surface area contributed by atoms with Gasteiger partial charge in [0, 0.05) is 6.56 Å². The lowest BCUT2D eigenvalue weighted by Crippen LogP contribution is -2.14. The van der Waals surface area contributed by atoms with Gasteiger partial charge >= 0.3 is 0 Å². The second-order valence-corrected chi connectivity index (χ2v) is 8.77. The maximum absolute atomic E-state index is 8.57. The summed E-state index contributed by atoms with van der Waals surface area (Å²) < 4.78 is 48.0. The first kappa shape index (κ1) is 30.9. The Labute approximate surface area is 219 Å². The number of unbranched alkanes of at least 4 members (excludes halogenated alkanes) is 12. The molecule has 0 aromatic carbocycles. The average Bonchev–Trinajstić information content (AvgIpc) is 2.88. The summed E-state index contributed by atoms with van der Waals surface area (Å²) >= 11 is 0. The topological polar surface area (TPSA) is 75.6 Å². The van der Waals surface area contributed by atoms with Gasteiger partial charge in [0.15, 0.2) is 0 Å². The van der Waals surface area contributed by atoms with E-state index in [1.54, 1.807) is 0 Å². The summed E-state index contributed by atoms with van der Waals surface area (Å²) in [6.07, 6.45) is 17.1. The summed E-state index contributed by atoms with van der Waals surface area (Å²) in [7, 11) is 0. The van der Waals surface area contributed by atoms with E-state index >= 15 is 0 Å². The van der Waals surface area contributed by atoms with Gasteiger partial charge in [-0.15, -0.1) is 0 Å². The molecule has 0 aliphatic carbocycles. The molecule has 0 aromatic rings. The Morgan fingerprint density at radius 1 is 0.400 bits per heavy atom. The van der Waals surface area contributed by atoms with Crippen molar-refractivity contribution in [2.24, 2.45) is 0 Å². The fourth-order valence-corrected chi connectivity index (χ4v) is 3.51. The highest BCUT2D eigenvalue weighted by Crippen LogP contribution is 2.12.